The highest BCUT2D eigenvalue weighted by atomic mass is 32.2. The average molecular weight is 414 g/mol. The molecule has 0 fully saturated rings. The number of hydrogen-bond acceptors (Lipinski definition) is 6. The van der Waals surface area contributed by atoms with Crippen molar-refractivity contribution in [3.63, 3.8) is 0 Å². The summed E-state index contributed by atoms with van der Waals surface area (Å²) in [6.45, 7) is 3.95. The number of para-hydroxylation sites is 1. The van der Waals surface area contributed by atoms with Crippen LogP contribution in [0.5, 0.6) is 0 Å². The molecule has 1 N–H and O–H groups in total. The van der Waals surface area contributed by atoms with Crippen LogP contribution in [0.15, 0.2) is 51.9 Å². The first-order valence-electron chi connectivity index (χ1n) is 8.90. The van der Waals surface area contributed by atoms with E-state index in [2.05, 4.69) is 20.3 Å². The molecule has 0 unspecified atom stereocenters. The van der Waals surface area contributed by atoms with Gasteiger partial charge in [-0.3, -0.25) is 4.79 Å². The van der Waals surface area contributed by atoms with Crippen LogP contribution in [0, 0.1) is 13.8 Å². The van der Waals surface area contributed by atoms with Gasteiger partial charge in [-0.15, -0.1) is 0 Å². The number of hydrogen-bond donors (Lipinski definition) is 1. The number of carbonyl (C=O) groups excluding carboxylic acids is 1. The number of aryl methyl sites for hydroxylation is 3. The summed E-state index contributed by atoms with van der Waals surface area (Å²) in [6.07, 6.45) is 6.62. The quantitative estimate of drug-likeness (QED) is 0.461. The minimum Gasteiger partial charge on any atom is -0.329 e. The fourth-order valence-electron chi connectivity index (χ4n) is 2.82. The molecule has 0 saturated heterocycles. The molecule has 0 atom stereocenters. The zero-order valence-corrected chi connectivity index (χ0v) is 18.0. The minimum atomic E-state index is -0.0272. The van der Waals surface area contributed by atoms with E-state index in [0.29, 0.717) is 12.8 Å². The van der Waals surface area contributed by atoms with E-state index in [1.54, 1.807) is 6.20 Å². The molecule has 0 saturated carbocycles. The summed E-state index contributed by atoms with van der Waals surface area (Å²) in [5.41, 5.74) is 3.72. The molecule has 3 rings (SSSR count). The molecule has 1 aromatic carbocycles. The van der Waals surface area contributed by atoms with Crippen molar-refractivity contribution < 1.29 is 4.79 Å². The Morgan fingerprint density at radius 2 is 1.89 bits per heavy atom. The monoisotopic (exact) mass is 413 g/mol. The number of thioether (sulfide) groups is 1. The lowest BCUT2D eigenvalue weighted by Gasteiger charge is -2.12. The third-order valence-corrected chi connectivity index (χ3v) is 6.02. The lowest BCUT2D eigenvalue weighted by Crippen LogP contribution is -2.14. The molecule has 2 heterocycles. The molecule has 0 aliphatic heterocycles. The van der Waals surface area contributed by atoms with Crippen LogP contribution in [0.2, 0.25) is 0 Å². The lowest BCUT2D eigenvalue weighted by atomic mass is 10.1. The summed E-state index contributed by atoms with van der Waals surface area (Å²) in [5, 5.41) is 4.67. The van der Waals surface area contributed by atoms with Gasteiger partial charge in [0.05, 0.1) is 5.69 Å². The molecule has 6 nitrogen and oxygen atoms in total. The smallest absolute Gasteiger partial charge is 0.224 e. The second-order valence-electron chi connectivity index (χ2n) is 6.33. The highest BCUT2D eigenvalue weighted by Crippen LogP contribution is 2.32. The van der Waals surface area contributed by atoms with Crippen molar-refractivity contribution in [2.45, 2.75) is 41.9 Å². The molecule has 3 aromatic rings. The van der Waals surface area contributed by atoms with E-state index < -0.39 is 0 Å². The molecule has 0 bridgehead atoms. The topological polar surface area (TPSA) is 72.7 Å². The van der Waals surface area contributed by atoms with Gasteiger partial charge in [0, 0.05) is 42.1 Å². The molecule has 8 heteroatoms. The number of nitrogens with one attached hydrogen (secondary N) is 1. The van der Waals surface area contributed by atoms with E-state index in [4.69, 9.17) is 0 Å². The molecular formula is C20H23N5OS2. The number of amides is 1. The average Bonchev–Trinajstić information content (AvgIpc) is 3.07. The predicted molar refractivity (Wildman–Crippen MR) is 114 cm³/mol. The Hall–Kier alpha value is -2.32. The number of rotatable bonds is 7. The summed E-state index contributed by atoms with van der Waals surface area (Å²) in [5.74, 6) is -0.0272. The van der Waals surface area contributed by atoms with Crippen molar-refractivity contribution in [3.05, 3.63) is 53.6 Å². The van der Waals surface area contributed by atoms with Crippen LogP contribution < -0.4 is 5.32 Å². The van der Waals surface area contributed by atoms with Crippen molar-refractivity contribution in [2.24, 2.45) is 7.05 Å². The second-order valence-corrected chi connectivity index (χ2v) is 8.11. The second kappa shape index (κ2) is 9.25. The van der Waals surface area contributed by atoms with E-state index in [1.165, 1.54) is 23.5 Å². The number of imidazole rings is 1. The van der Waals surface area contributed by atoms with Gasteiger partial charge in [0.2, 0.25) is 5.91 Å². The Bertz CT molecular complexity index is 963. The van der Waals surface area contributed by atoms with Gasteiger partial charge in [-0.2, -0.15) is 0 Å². The van der Waals surface area contributed by atoms with Crippen LogP contribution in [0.3, 0.4) is 0 Å². The highest BCUT2D eigenvalue weighted by molar-refractivity contribution is 7.99. The Morgan fingerprint density at radius 1 is 1.18 bits per heavy atom. The normalized spacial score (nSPS) is 10.9. The third-order valence-electron chi connectivity index (χ3n) is 4.32. The van der Waals surface area contributed by atoms with Crippen LogP contribution in [-0.2, 0) is 18.3 Å². The van der Waals surface area contributed by atoms with E-state index in [0.717, 1.165) is 37.8 Å². The first-order valence-corrected chi connectivity index (χ1v) is 10.9. The molecule has 0 radical (unpaired) electrons. The van der Waals surface area contributed by atoms with E-state index >= 15 is 0 Å². The standard InChI is InChI=1S/C20H23N5OS2/c1-13-15(14(2)23-19(22-13)27-4)9-10-18(26)24-16-7-5-6-8-17(16)28-20-21-11-12-25(20)3/h5-8,11-12H,9-10H2,1-4H3,(H,24,26). The summed E-state index contributed by atoms with van der Waals surface area (Å²) in [7, 11) is 1.95. The maximum Gasteiger partial charge on any atom is 0.224 e. The summed E-state index contributed by atoms with van der Waals surface area (Å²) >= 11 is 3.05. The van der Waals surface area contributed by atoms with Crippen LogP contribution >= 0.6 is 23.5 Å². The molecule has 1 amide bonds. The van der Waals surface area contributed by atoms with Gasteiger partial charge >= 0.3 is 0 Å². The molecule has 2 aromatic heterocycles. The third kappa shape index (κ3) is 4.94. The maximum absolute atomic E-state index is 12.6. The van der Waals surface area contributed by atoms with Gasteiger partial charge in [0.1, 0.15) is 0 Å². The van der Waals surface area contributed by atoms with Gasteiger partial charge in [-0.25, -0.2) is 15.0 Å². The van der Waals surface area contributed by atoms with Crippen molar-refractivity contribution in [1.29, 1.82) is 0 Å². The largest absolute Gasteiger partial charge is 0.329 e. The Balaban J connectivity index is 1.67. The SMILES string of the molecule is CSc1nc(C)c(CCC(=O)Nc2ccccc2Sc2nccn2C)c(C)n1. The Labute approximate surface area is 173 Å². The first-order chi connectivity index (χ1) is 13.5. The lowest BCUT2D eigenvalue weighted by molar-refractivity contribution is -0.116. The van der Waals surface area contributed by atoms with Crippen molar-refractivity contribution in [2.75, 3.05) is 11.6 Å². The van der Waals surface area contributed by atoms with Crippen molar-refractivity contribution >= 4 is 35.1 Å². The fourth-order valence-corrected chi connectivity index (χ4v) is 4.17. The maximum atomic E-state index is 12.6. The summed E-state index contributed by atoms with van der Waals surface area (Å²) in [6, 6.07) is 7.77. The molecule has 146 valence electrons. The Kier molecular flexibility index (Phi) is 6.74. The molecular weight excluding hydrogens is 390 g/mol. The van der Waals surface area contributed by atoms with Gasteiger partial charge in [0.15, 0.2) is 10.3 Å². The number of benzene rings is 1. The van der Waals surface area contributed by atoms with Crippen LogP contribution in [0.25, 0.3) is 0 Å². The van der Waals surface area contributed by atoms with Crippen molar-refractivity contribution in [1.82, 2.24) is 19.5 Å². The van der Waals surface area contributed by atoms with Gasteiger partial charge in [0.25, 0.3) is 0 Å². The van der Waals surface area contributed by atoms with E-state index in [-0.39, 0.29) is 5.91 Å². The van der Waals surface area contributed by atoms with Gasteiger partial charge < -0.3 is 9.88 Å². The molecule has 0 aliphatic rings. The molecule has 0 spiro atoms. The van der Waals surface area contributed by atoms with Crippen molar-refractivity contribution in [3.8, 4) is 0 Å². The van der Waals surface area contributed by atoms with Crippen LogP contribution in [0.4, 0.5) is 5.69 Å². The van der Waals surface area contributed by atoms with Gasteiger partial charge in [-0.05, 0) is 56.0 Å². The first kappa shape index (κ1) is 20.4. The highest BCUT2D eigenvalue weighted by Gasteiger charge is 2.13. The van der Waals surface area contributed by atoms with Gasteiger partial charge in [-0.1, -0.05) is 23.9 Å². The number of anilines is 1. The Morgan fingerprint density at radius 3 is 2.54 bits per heavy atom. The van der Waals surface area contributed by atoms with E-state index in [9.17, 15) is 4.79 Å². The molecule has 28 heavy (non-hydrogen) atoms. The molecule has 0 aliphatic carbocycles. The predicted octanol–water partition coefficient (Wildman–Crippen LogP) is 4.27. The number of carbonyl (C=O) groups is 1. The van der Waals surface area contributed by atoms with E-state index in [1.807, 2.05) is 62.2 Å². The van der Waals surface area contributed by atoms with Crippen LogP contribution in [-0.4, -0.2) is 31.7 Å². The summed E-state index contributed by atoms with van der Waals surface area (Å²) < 4.78 is 1.95. The zero-order chi connectivity index (χ0) is 20.1. The summed E-state index contributed by atoms with van der Waals surface area (Å²) in [4.78, 5) is 26.8. The zero-order valence-electron chi connectivity index (χ0n) is 16.4. The number of nitrogens with zero attached hydrogens (tertiary/aromatic N) is 4. The minimum absolute atomic E-state index is 0.0272. The fraction of sp³-hybridized carbons (Fsp3) is 0.300. The number of aromatic nitrogens is 4. The van der Waals surface area contributed by atoms with Crippen LogP contribution in [0.1, 0.15) is 23.4 Å².